The molecule has 0 fully saturated rings. The van der Waals surface area contributed by atoms with E-state index in [0.29, 0.717) is 0 Å². The van der Waals surface area contributed by atoms with Gasteiger partial charge in [0.2, 0.25) is 0 Å². The molecule has 5 rings (SSSR count). The summed E-state index contributed by atoms with van der Waals surface area (Å²) in [6.45, 7) is 0. The van der Waals surface area contributed by atoms with Crippen LogP contribution in [0.15, 0.2) is 112 Å². The Morgan fingerprint density at radius 1 is 0.300 bits per heavy atom. The first kappa shape index (κ1) is 43.5. The van der Waals surface area contributed by atoms with E-state index in [0.717, 1.165) is 0 Å². The molecule has 0 aliphatic carbocycles. The van der Waals surface area contributed by atoms with E-state index in [1.807, 2.05) is 0 Å². The Kier molecular flexibility index (Phi) is 13.3. The Bertz CT molecular complexity index is 2440. The van der Waals surface area contributed by atoms with E-state index in [4.69, 9.17) is 0 Å². The SMILES string of the molecule is O=C(O)CCC1=C(CC(=O)O)C2=NC1=CC1=NC(=CC3=NC(=CC4=NC(=C2)C(CC(=O)O)=C4CCC(=O)O)C(CCC(=O)O)=C3CC(=O)O)C(CCC(=O)O)=C1CC(=O)O. The number of nitrogens with zero attached hydrogens (tertiary/aromatic N) is 4. The van der Waals surface area contributed by atoms with Crippen LogP contribution in [0.3, 0.4) is 0 Å². The molecule has 60 heavy (non-hydrogen) atoms. The number of allylic oxidation sites excluding steroid dienone is 9. The van der Waals surface area contributed by atoms with Gasteiger partial charge in [-0.05, 0) is 94.6 Å². The van der Waals surface area contributed by atoms with Crippen molar-refractivity contribution in [1.82, 2.24) is 0 Å². The van der Waals surface area contributed by atoms with Crippen molar-refractivity contribution in [3.8, 4) is 0 Å². The molecule has 20 heteroatoms. The maximum atomic E-state index is 12.3. The maximum Gasteiger partial charge on any atom is 0.307 e. The van der Waals surface area contributed by atoms with Crippen LogP contribution < -0.4 is 0 Å². The van der Waals surface area contributed by atoms with E-state index < -0.39 is 99.1 Å². The fourth-order valence-electron chi connectivity index (χ4n) is 7.21. The van der Waals surface area contributed by atoms with Crippen LogP contribution in [0.4, 0.5) is 0 Å². The lowest BCUT2D eigenvalue weighted by Gasteiger charge is -2.10. The lowest BCUT2D eigenvalue weighted by Crippen LogP contribution is -2.09. The highest BCUT2D eigenvalue weighted by Gasteiger charge is 2.34. The Hall–Kier alpha value is -7.64. The zero-order valence-electron chi connectivity index (χ0n) is 31.4. The molecule has 5 heterocycles. The minimum Gasteiger partial charge on any atom is -0.481 e. The molecule has 0 aromatic carbocycles. The van der Waals surface area contributed by atoms with Gasteiger partial charge in [0, 0.05) is 25.7 Å². The van der Waals surface area contributed by atoms with Crippen LogP contribution >= 0.6 is 0 Å². The van der Waals surface area contributed by atoms with Crippen molar-refractivity contribution in [3.05, 3.63) is 91.7 Å². The van der Waals surface area contributed by atoms with Crippen molar-refractivity contribution in [3.63, 3.8) is 0 Å². The summed E-state index contributed by atoms with van der Waals surface area (Å²) in [6, 6.07) is 0. The molecule has 0 saturated carbocycles. The van der Waals surface area contributed by atoms with Gasteiger partial charge < -0.3 is 40.9 Å². The highest BCUT2D eigenvalue weighted by molar-refractivity contribution is 6.22. The Morgan fingerprint density at radius 3 is 0.767 bits per heavy atom. The summed E-state index contributed by atoms with van der Waals surface area (Å²) in [4.78, 5) is 115. The van der Waals surface area contributed by atoms with Crippen molar-refractivity contribution < 1.29 is 79.2 Å². The zero-order valence-corrected chi connectivity index (χ0v) is 31.4. The van der Waals surface area contributed by atoms with Gasteiger partial charge in [0.1, 0.15) is 0 Å². The second kappa shape index (κ2) is 18.3. The summed E-state index contributed by atoms with van der Waals surface area (Å²) in [7, 11) is 0. The molecule has 8 bridgehead atoms. The quantitative estimate of drug-likeness (QED) is 0.0862. The van der Waals surface area contributed by atoms with Gasteiger partial charge in [0.15, 0.2) is 0 Å². The zero-order chi connectivity index (χ0) is 44.0. The van der Waals surface area contributed by atoms with Crippen LogP contribution in [-0.2, 0) is 38.4 Å². The lowest BCUT2D eigenvalue weighted by atomic mass is 9.92. The summed E-state index contributed by atoms with van der Waals surface area (Å²) in [5, 5.41) is 78.5. The van der Waals surface area contributed by atoms with Gasteiger partial charge in [-0.3, -0.25) is 38.4 Å². The third-order valence-corrected chi connectivity index (χ3v) is 9.66. The summed E-state index contributed by atoms with van der Waals surface area (Å²) < 4.78 is 0. The lowest BCUT2D eigenvalue weighted by molar-refractivity contribution is -0.138. The van der Waals surface area contributed by atoms with Crippen LogP contribution in [-0.4, -0.2) is 111 Å². The number of aliphatic imine (C=N–C) groups is 4. The van der Waals surface area contributed by atoms with Crippen LogP contribution in [0.5, 0.6) is 0 Å². The molecule has 20 nitrogen and oxygen atoms in total. The average Bonchev–Trinajstić information content (AvgIpc) is 3.81. The van der Waals surface area contributed by atoms with Gasteiger partial charge in [-0.2, -0.15) is 0 Å². The highest BCUT2D eigenvalue weighted by atomic mass is 16.4. The minimum atomic E-state index is -1.36. The van der Waals surface area contributed by atoms with Crippen LogP contribution in [0.25, 0.3) is 0 Å². The molecule has 0 aromatic heterocycles. The van der Waals surface area contributed by atoms with E-state index in [9.17, 15) is 79.2 Å². The van der Waals surface area contributed by atoms with Gasteiger partial charge >= 0.3 is 47.8 Å². The number of rotatable bonds is 20. The molecule has 0 atom stereocenters. The van der Waals surface area contributed by atoms with E-state index in [1.165, 1.54) is 24.3 Å². The first-order valence-electron chi connectivity index (χ1n) is 18.2. The molecule has 0 unspecified atom stereocenters. The van der Waals surface area contributed by atoms with Crippen molar-refractivity contribution in [2.45, 2.75) is 77.0 Å². The number of carboxylic acid groups (broad SMARTS) is 8. The van der Waals surface area contributed by atoms with Crippen molar-refractivity contribution >= 4 is 70.6 Å². The molecule has 0 spiro atoms. The van der Waals surface area contributed by atoms with E-state index >= 15 is 0 Å². The smallest absolute Gasteiger partial charge is 0.307 e. The molecule has 0 saturated heterocycles. The minimum absolute atomic E-state index is 0.00150. The van der Waals surface area contributed by atoms with E-state index in [2.05, 4.69) is 20.0 Å². The fraction of sp³-hybridized carbons (Fsp3) is 0.300. The summed E-state index contributed by atoms with van der Waals surface area (Å²) in [5.74, 6) is -10.5. The number of carbonyl (C=O) groups is 8. The Morgan fingerprint density at radius 2 is 0.517 bits per heavy atom. The summed E-state index contributed by atoms with van der Waals surface area (Å²) >= 11 is 0. The monoisotopic (exact) mass is 828 g/mol. The second-order valence-electron chi connectivity index (χ2n) is 13.8. The van der Waals surface area contributed by atoms with E-state index in [1.54, 1.807) is 0 Å². The highest BCUT2D eigenvalue weighted by Crippen LogP contribution is 2.41. The Balaban J connectivity index is 1.95. The molecular weight excluding hydrogens is 792 g/mol. The normalized spacial score (nSPS) is 17.1. The van der Waals surface area contributed by atoms with Gasteiger partial charge in [0.05, 0.1) is 71.3 Å². The van der Waals surface area contributed by atoms with Crippen LogP contribution in [0.1, 0.15) is 77.0 Å². The van der Waals surface area contributed by atoms with Crippen molar-refractivity contribution in [1.29, 1.82) is 0 Å². The van der Waals surface area contributed by atoms with Crippen molar-refractivity contribution in [2.24, 2.45) is 20.0 Å². The molecule has 5 aliphatic rings. The standard InChI is InChI=1S/C40H36N4O16/c45-33(46)5-1-17-21(9-37(53)54)29-14-27-19(3-7-35(49)50)22(10-38(55)56)30(43-27)15-28-20(4-8-36(51)52)24(12-40(59)60)32(44-28)16-31-23(11-39(57)58)18(2-6-34(47)48)26(42-31)13-25(17)41-29/h13-16H,1-12H2,(H,45,46)(H,47,48)(H,49,50)(H,51,52)(H,53,54)(H,55,56)(H,57,58)(H,59,60). The van der Waals surface area contributed by atoms with Gasteiger partial charge in [0.25, 0.3) is 0 Å². The summed E-state index contributed by atoms with van der Waals surface area (Å²) in [5.41, 5.74) is 0.00237. The molecule has 0 radical (unpaired) electrons. The molecular formula is C40H36N4O16. The molecule has 0 aromatic rings. The van der Waals surface area contributed by atoms with Crippen LogP contribution in [0, 0.1) is 0 Å². The number of fused-ring (bicyclic) bond motifs is 4. The third kappa shape index (κ3) is 10.4. The largest absolute Gasteiger partial charge is 0.481 e. The predicted molar refractivity (Wildman–Crippen MR) is 207 cm³/mol. The number of hydrogen-bond donors (Lipinski definition) is 8. The molecule has 0 amide bonds. The fourth-order valence-corrected chi connectivity index (χ4v) is 7.21. The first-order chi connectivity index (χ1) is 28.3. The third-order valence-electron chi connectivity index (χ3n) is 9.66. The topological polar surface area (TPSA) is 348 Å². The molecule has 312 valence electrons. The molecule has 8 N–H and O–H groups in total. The van der Waals surface area contributed by atoms with Gasteiger partial charge in [-0.15, -0.1) is 0 Å². The van der Waals surface area contributed by atoms with Crippen LogP contribution in [0.2, 0.25) is 0 Å². The van der Waals surface area contributed by atoms with E-state index in [-0.39, 0.29) is 116 Å². The number of hydrogen-bond acceptors (Lipinski definition) is 12. The Labute approximate surface area is 338 Å². The second-order valence-corrected chi connectivity index (χ2v) is 13.8. The van der Waals surface area contributed by atoms with Gasteiger partial charge in [-0.25, -0.2) is 20.0 Å². The van der Waals surface area contributed by atoms with Gasteiger partial charge in [-0.1, -0.05) is 0 Å². The average molecular weight is 829 g/mol. The number of aliphatic carboxylic acids is 8. The molecule has 5 aliphatic heterocycles. The predicted octanol–water partition coefficient (Wildman–Crippen LogP) is 3.90. The first-order valence-corrected chi connectivity index (χ1v) is 18.2. The number of carboxylic acids is 8. The maximum absolute atomic E-state index is 12.3. The van der Waals surface area contributed by atoms with Crippen molar-refractivity contribution in [2.75, 3.05) is 0 Å². The summed E-state index contributed by atoms with van der Waals surface area (Å²) in [6.07, 6.45) is -0.930.